The van der Waals surface area contributed by atoms with Crippen LogP contribution >= 0.6 is 11.3 Å². The molecule has 4 nitrogen and oxygen atoms in total. The maximum Gasteiger partial charge on any atom is 0.175 e. The molecule has 152 valence electrons. The number of aryl methyl sites for hydroxylation is 1. The molecule has 0 bridgehead atoms. The summed E-state index contributed by atoms with van der Waals surface area (Å²) in [5.74, 6) is 0. The van der Waals surface area contributed by atoms with Crippen molar-refractivity contribution in [3.05, 3.63) is 77.2 Å². The zero-order valence-electron chi connectivity index (χ0n) is 16.5. The molecule has 3 aromatic rings. The fourth-order valence-corrected chi connectivity index (χ4v) is 5.77. The summed E-state index contributed by atoms with van der Waals surface area (Å²) in [7, 11) is -3.45. The van der Waals surface area contributed by atoms with Gasteiger partial charge in [-0.15, -0.1) is 16.1 Å². The third-order valence-electron chi connectivity index (χ3n) is 5.38. The highest BCUT2D eigenvalue weighted by Gasteiger charge is 2.28. The molecule has 0 spiro atoms. The van der Waals surface area contributed by atoms with Crippen molar-refractivity contribution >= 4 is 21.7 Å². The Morgan fingerprint density at radius 3 is 2.55 bits per heavy atom. The number of hydrogen-bond donors (Lipinski definition) is 1. The van der Waals surface area contributed by atoms with E-state index in [1.54, 1.807) is 23.5 Å². The van der Waals surface area contributed by atoms with Crippen molar-refractivity contribution in [2.24, 2.45) is 0 Å². The Balaban J connectivity index is 1.32. The summed E-state index contributed by atoms with van der Waals surface area (Å²) < 4.78 is 28.1. The number of likely N-dealkylation sites (tertiary alicyclic amines) is 1. The minimum absolute atomic E-state index is 0.00462. The van der Waals surface area contributed by atoms with Crippen LogP contribution in [-0.2, 0) is 21.2 Å². The molecule has 0 saturated carbocycles. The predicted molar refractivity (Wildman–Crippen MR) is 119 cm³/mol. The molecular formula is C23H26N2O2S2. The van der Waals surface area contributed by atoms with Crippen LogP contribution in [0, 0.1) is 6.92 Å². The first-order valence-corrected chi connectivity index (χ1v) is 12.3. The van der Waals surface area contributed by atoms with E-state index in [1.807, 2.05) is 19.1 Å². The molecule has 0 amide bonds. The van der Waals surface area contributed by atoms with E-state index in [4.69, 9.17) is 0 Å². The summed E-state index contributed by atoms with van der Waals surface area (Å²) >= 11 is 1.76. The van der Waals surface area contributed by atoms with Crippen molar-refractivity contribution in [3.8, 4) is 10.4 Å². The highest BCUT2D eigenvalue weighted by Crippen LogP contribution is 2.26. The van der Waals surface area contributed by atoms with E-state index in [-0.39, 0.29) is 6.04 Å². The number of nitrogens with one attached hydrogen (secondary N) is 1. The second-order valence-corrected chi connectivity index (χ2v) is 10.3. The lowest BCUT2D eigenvalue weighted by Crippen LogP contribution is -2.46. The van der Waals surface area contributed by atoms with Gasteiger partial charge in [-0.2, -0.15) is 0 Å². The van der Waals surface area contributed by atoms with Crippen LogP contribution in [0.4, 0.5) is 0 Å². The number of sulfonamides is 1. The van der Waals surface area contributed by atoms with Crippen LogP contribution in [0.25, 0.3) is 10.4 Å². The lowest BCUT2D eigenvalue weighted by molar-refractivity contribution is 0.198. The number of hydrogen-bond acceptors (Lipinski definition) is 4. The predicted octanol–water partition coefficient (Wildman–Crippen LogP) is 4.88. The van der Waals surface area contributed by atoms with Gasteiger partial charge in [0, 0.05) is 24.5 Å². The summed E-state index contributed by atoms with van der Waals surface area (Å²) in [5.41, 5.74) is 3.62. The Labute approximate surface area is 178 Å². The average molecular weight is 427 g/mol. The monoisotopic (exact) mass is 426 g/mol. The van der Waals surface area contributed by atoms with Gasteiger partial charge in [0.2, 0.25) is 0 Å². The molecule has 0 aliphatic carbocycles. The number of nitrogens with zero attached hydrogens (tertiary/aromatic N) is 1. The van der Waals surface area contributed by atoms with Crippen molar-refractivity contribution in [1.29, 1.82) is 0 Å². The Morgan fingerprint density at radius 1 is 1.10 bits per heavy atom. The zero-order valence-corrected chi connectivity index (χ0v) is 18.2. The van der Waals surface area contributed by atoms with E-state index in [2.05, 4.69) is 51.4 Å². The van der Waals surface area contributed by atoms with Gasteiger partial charge in [0.1, 0.15) is 0 Å². The Bertz CT molecular complexity index is 978. The van der Waals surface area contributed by atoms with Gasteiger partial charge in [-0.3, -0.25) is 4.90 Å². The smallest absolute Gasteiger partial charge is 0.175 e. The summed E-state index contributed by atoms with van der Waals surface area (Å²) in [4.78, 5) is 4.04. The molecule has 1 fully saturated rings. The van der Waals surface area contributed by atoms with Crippen LogP contribution in [0.3, 0.4) is 0 Å². The van der Waals surface area contributed by atoms with Crippen LogP contribution in [0.15, 0.2) is 70.9 Å². The molecule has 1 unspecified atom stereocenters. The van der Waals surface area contributed by atoms with Crippen molar-refractivity contribution in [1.82, 2.24) is 9.62 Å². The lowest BCUT2D eigenvalue weighted by atomic mass is 10.0. The second-order valence-electron chi connectivity index (χ2n) is 7.66. The van der Waals surface area contributed by atoms with E-state index < -0.39 is 10.4 Å². The van der Waals surface area contributed by atoms with E-state index in [9.17, 15) is 8.76 Å². The summed E-state index contributed by atoms with van der Waals surface area (Å²) in [6.07, 6.45) is 1.66. The van der Waals surface area contributed by atoms with Crippen molar-refractivity contribution in [3.63, 3.8) is 0 Å². The minimum Gasteiger partial charge on any atom is -0.593 e. The van der Waals surface area contributed by atoms with Crippen molar-refractivity contribution in [2.75, 3.05) is 13.1 Å². The molecule has 1 aliphatic rings. The third-order valence-corrected chi connectivity index (χ3v) is 7.83. The van der Waals surface area contributed by atoms with Gasteiger partial charge in [0.05, 0.1) is 6.04 Å². The number of piperidine rings is 1. The van der Waals surface area contributed by atoms with Crippen molar-refractivity contribution < 1.29 is 8.76 Å². The highest BCUT2D eigenvalue weighted by molar-refractivity contribution is 7.95. The molecule has 2 heterocycles. The molecule has 1 atom stereocenters. The quantitative estimate of drug-likeness (QED) is 0.572. The first kappa shape index (κ1) is 20.4. The number of benzene rings is 2. The molecule has 6 heteroatoms. The number of thiophene rings is 1. The summed E-state index contributed by atoms with van der Waals surface area (Å²) in [5, 5.41) is 2.10. The van der Waals surface area contributed by atoms with Gasteiger partial charge in [0.25, 0.3) is 0 Å². The number of rotatable bonds is 6. The Morgan fingerprint density at radius 2 is 1.86 bits per heavy atom. The van der Waals surface area contributed by atoms with Gasteiger partial charge < -0.3 is 4.55 Å². The van der Waals surface area contributed by atoms with Gasteiger partial charge in [-0.05, 0) is 60.5 Å². The zero-order chi connectivity index (χ0) is 20.3. The summed E-state index contributed by atoms with van der Waals surface area (Å²) in [6, 6.07) is 19.9. The minimum atomic E-state index is -3.45. The van der Waals surface area contributed by atoms with Gasteiger partial charge in [-0.1, -0.05) is 46.2 Å². The van der Waals surface area contributed by atoms with Crippen LogP contribution in [0.1, 0.15) is 24.0 Å². The molecular weight excluding hydrogens is 400 g/mol. The molecule has 0 radical (unpaired) electrons. The average Bonchev–Trinajstić information content (AvgIpc) is 3.25. The molecule has 1 saturated heterocycles. The van der Waals surface area contributed by atoms with Crippen LogP contribution < -0.4 is 4.72 Å². The van der Waals surface area contributed by atoms with Crippen LogP contribution in [-0.4, -0.2) is 28.6 Å². The standard InChI is InChI=1S/C23H26N2O2S2/c1-18-7-9-22(10-8-18)29(26,27)24-21-11-13-25(14-12-21)17-19-4-2-5-20(16-19)23-6-3-15-28-23/h2-10,15-16,21H,11-14,17H2,1H3,(H-,24,26,27). The van der Waals surface area contributed by atoms with Gasteiger partial charge in [-0.25, -0.2) is 0 Å². The Kier molecular flexibility index (Phi) is 6.27. The van der Waals surface area contributed by atoms with E-state index >= 15 is 0 Å². The molecule has 29 heavy (non-hydrogen) atoms. The summed E-state index contributed by atoms with van der Waals surface area (Å²) in [6.45, 7) is 4.64. The fraction of sp³-hybridized carbons (Fsp3) is 0.304. The van der Waals surface area contributed by atoms with Gasteiger partial charge in [0.15, 0.2) is 15.3 Å². The molecule has 1 aromatic heterocycles. The first-order chi connectivity index (χ1) is 14.0. The maximum atomic E-state index is 12.6. The van der Waals surface area contributed by atoms with Crippen LogP contribution in [0.2, 0.25) is 0 Å². The third kappa shape index (κ3) is 5.21. The van der Waals surface area contributed by atoms with E-state index in [1.165, 1.54) is 16.0 Å². The largest absolute Gasteiger partial charge is 0.593 e. The second kappa shape index (κ2) is 8.90. The molecule has 4 rings (SSSR count). The fourth-order valence-electron chi connectivity index (χ4n) is 3.74. The SMILES string of the molecule is Cc1ccc([S+](=O)([O-])NC2CCN(Cc3cccc(-c4cccs4)c3)CC2)cc1. The van der Waals surface area contributed by atoms with E-state index in [0.29, 0.717) is 4.90 Å². The molecule has 2 aromatic carbocycles. The topological polar surface area (TPSA) is 55.4 Å². The first-order valence-electron chi connectivity index (χ1n) is 9.94. The normalized spacial score (nSPS) is 17.9. The van der Waals surface area contributed by atoms with Crippen LogP contribution in [0.5, 0.6) is 0 Å². The lowest BCUT2D eigenvalue weighted by Gasteiger charge is -2.32. The van der Waals surface area contributed by atoms with Crippen molar-refractivity contribution in [2.45, 2.75) is 37.2 Å². The maximum absolute atomic E-state index is 12.6. The van der Waals surface area contributed by atoms with E-state index in [0.717, 1.165) is 38.0 Å². The van der Waals surface area contributed by atoms with Gasteiger partial charge >= 0.3 is 0 Å². The molecule has 1 aliphatic heterocycles. The highest BCUT2D eigenvalue weighted by atomic mass is 32.3. The molecule has 1 N–H and O–H groups in total. The Hall–Kier alpha value is -1.83.